The first kappa shape index (κ1) is 18.7. The number of halogens is 3. The molecule has 0 atom stereocenters. The zero-order chi connectivity index (χ0) is 19.7. The number of anilines is 2. The van der Waals surface area contributed by atoms with E-state index in [1.54, 1.807) is 12.3 Å². The molecule has 1 fully saturated rings. The lowest BCUT2D eigenvalue weighted by Gasteiger charge is -2.28. The van der Waals surface area contributed by atoms with E-state index in [-0.39, 0.29) is 18.8 Å². The number of pyridine rings is 1. The molecular weight excluding hydrogens is 386 g/mol. The van der Waals surface area contributed by atoms with Crippen LogP contribution in [0.5, 0.6) is 0 Å². The second-order valence-electron chi connectivity index (χ2n) is 7.05. The van der Waals surface area contributed by atoms with Gasteiger partial charge in [-0.15, -0.1) is 0 Å². The molecule has 1 aliphatic carbocycles. The van der Waals surface area contributed by atoms with Gasteiger partial charge in [0.25, 0.3) is 0 Å². The molecule has 1 saturated carbocycles. The van der Waals surface area contributed by atoms with Crippen molar-refractivity contribution in [2.45, 2.75) is 37.5 Å². The third-order valence-corrected chi connectivity index (χ3v) is 5.37. The predicted octanol–water partition coefficient (Wildman–Crippen LogP) is 6.15. The Morgan fingerprint density at radius 1 is 1.21 bits per heavy atom. The topological polar surface area (TPSA) is 69.8 Å². The number of alkyl halides is 2. The summed E-state index contributed by atoms with van der Waals surface area (Å²) in [6.07, 6.45) is 3.63. The maximum Gasteiger partial charge on any atom is 0.323 e. The molecule has 0 aliphatic heterocycles. The van der Waals surface area contributed by atoms with Crippen molar-refractivity contribution in [2.24, 2.45) is 0 Å². The van der Waals surface area contributed by atoms with E-state index in [0.29, 0.717) is 34.9 Å². The van der Waals surface area contributed by atoms with Crippen LogP contribution in [0.25, 0.3) is 10.9 Å². The van der Waals surface area contributed by atoms with Crippen molar-refractivity contribution in [3.8, 4) is 0 Å². The first-order valence-corrected chi connectivity index (χ1v) is 9.46. The molecule has 4 rings (SSSR count). The van der Waals surface area contributed by atoms with Crippen molar-refractivity contribution < 1.29 is 13.6 Å². The molecule has 2 aromatic heterocycles. The van der Waals surface area contributed by atoms with Crippen LogP contribution in [-0.4, -0.2) is 21.9 Å². The SMILES string of the molecule is O=C(Nc1cnc(C2CCC(F)(F)CC2)c(Cl)c1)Nc1c[nH]c2ccccc12. The highest BCUT2D eigenvalue weighted by Crippen LogP contribution is 2.42. The van der Waals surface area contributed by atoms with Crippen LogP contribution in [0, 0.1) is 0 Å². The number of rotatable bonds is 3. The van der Waals surface area contributed by atoms with Crippen LogP contribution in [0.1, 0.15) is 37.3 Å². The summed E-state index contributed by atoms with van der Waals surface area (Å²) in [5, 5.41) is 6.76. The first-order chi connectivity index (χ1) is 13.4. The van der Waals surface area contributed by atoms with Gasteiger partial charge in [0.15, 0.2) is 0 Å². The van der Waals surface area contributed by atoms with Gasteiger partial charge in [0.05, 0.1) is 28.3 Å². The smallest absolute Gasteiger partial charge is 0.323 e. The highest BCUT2D eigenvalue weighted by atomic mass is 35.5. The lowest BCUT2D eigenvalue weighted by Crippen LogP contribution is -2.24. The van der Waals surface area contributed by atoms with E-state index in [4.69, 9.17) is 11.6 Å². The molecule has 1 aromatic carbocycles. The molecule has 0 unspecified atom stereocenters. The number of fused-ring (bicyclic) bond motifs is 1. The van der Waals surface area contributed by atoms with Crippen LogP contribution in [0.3, 0.4) is 0 Å². The third kappa shape index (κ3) is 3.94. The first-order valence-electron chi connectivity index (χ1n) is 9.09. The minimum absolute atomic E-state index is 0.0822. The van der Waals surface area contributed by atoms with Crippen molar-refractivity contribution in [1.29, 1.82) is 0 Å². The lowest BCUT2D eigenvalue weighted by molar-refractivity contribution is -0.0384. The van der Waals surface area contributed by atoms with Gasteiger partial charge in [-0.25, -0.2) is 13.6 Å². The fraction of sp³-hybridized carbons (Fsp3) is 0.300. The zero-order valence-corrected chi connectivity index (χ0v) is 15.7. The third-order valence-electron chi connectivity index (χ3n) is 5.07. The number of carbonyl (C=O) groups excluding carboxylic acids is 1. The highest BCUT2D eigenvalue weighted by Gasteiger charge is 2.36. The number of benzene rings is 1. The Hall–Kier alpha value is -2.67. The van der Waals surface area contributed by atoms with Gasteiger partial charge in [0, 0.05) is 35.9 Å². The van der Waals surface area contributed by atoms with E-state index in [9.17, 15) is 13.6 Å². The Bertz CT molecular complexity index is 1010. The summed E-state index contributed by atoms with van der Waals surface area (Å²) >= 11 is 6.31. The van der Waals surface area contributed by atoms with Gasteiger partial charge in [-0.05, 0) is 25.0 Å². The minimum Gasteiger partial charge on any atom is -0.359 e. The van der Waals surface area contributed by atoms with E-state index in [0.717, 1.165) is 10.9 Å². The number of hydrogen-bond donors (Lipinski definition) is 3. The van der Waals surface area contributed by atoms with E-state index < -0.39 is 12.0 Å². The molecule has 146 valence electrons. The number of nitrogens with zero attached hydrogens (tertiary/aromatic N) is 1. The maximum absolute atomic E-state index is 13.3. The van der Waals surface area contributed by atoms with Crippen LogP contribution in [0.4, 0.5) is 25.0 Å². The molecule has 8 heteroatoms. The van der Waals surface area contributed by atoms with Crippen molar-refractivity contribution >= 4 is 39.9 Å². The van der Waals surface area contributed by atoms with Crippen LogP contribution < -0.4 is 10.6 Å². The predicted molar refractivity (Wildman–Crippen MR) is 106 cm³/mol. The van der Waals surface area contributed by atoms with Crippen molar-refractivity contribution in [2.75, 3.05) is 10.6 Å². The fourth-order valence-electron chi connectivity index (χ4n) is 3.59. The number of hydrogen-bond acceptors (Lipinski definition) is 2. The fourth-order valence-corrected chi connectivity index (χ4v) is 3.91. The average molecular weight is 405 g/mol. The Labute approximate surface area is 165 Å². The molecule has 28 heavy (non-hydrogen) atoms. The summed E-state index contributed by atoms with van der Waals surface area (Å²) in [5.41, 5.74) is 2.63. The quantitative estimate of drug-likeness (QED) is 0.489. The molecule has 5 nitrogen and oxygen atoms in total. The van der Waals surface area contributed by atoms with E-state index in [1.165, 1.54) is 6.20 Å². The number of para-hydroxylation sites is 1. The van der Waals surface area contributed by atoms with Gasteiger partial charge in [0.2, 0.25) is 5.92 Å². The van der Waals surface area contributed by atoms with E-state index in [1.807, 2.05) is 24.3 Å². The van der Waals surface area contributed by atoms with Crippen LogP contribution in [0.2, 0.25) is 5.02 Å². The minimum atomic E-state index is -2.59. The molecule has 0 spiro atoms. The second kappa shape index (κ2) is 7.39. The number of carbonyl (C=O) groups is 1. The standard InChI is InChI=1S/C20H19ClF2N4O/c21-15-9-13(10-25-18(15)12-5-7-20(22,23)8-6-12)26-19(28)27-17-11-24-16-4-2-1-3-14(16)17/h1-4,9-12,24H,5-8H2,(H2,26,27,28). The molecule has 2 amide bonds. The molecule has 1 aliphatic rings. The van der Waals surface area contributed by atoms with Gasteiger partial charge in [-0.1, -0.05) is 29.8 Å². The molecule has 0 bridgehead atoms. The van der Waals surface area contributed by atoms with Crippen molar-refractivity contribution in [3.05, 3.63) is 53.4 Å². The monoisotopic (exact) mass is 404 g/mol. The maximum atomic E-state index is 13.3. The summed E-state index contributed by atoms with van der Waals surface area (Å²) in [6.45, 7) is 0. The molecule has 3 aromatic rings. The number of amides is 2. The molecule has 0 saturated heterocycles. The summed E-state index contributed by atoms with van der Waals surface area (Å²) < 4.78 is 26.7. The van der Waals surface area contributed by atoms with Gasteiger partial charge in [-0.3, -0.25) is 4.98 Å². The van der Waals surface area contributed by atoms with E-state index >= 15 is 0 Å². The molecule has 3 N–H and O–H groups in total. The lowest BCUT2D eigenvalue weighted by atomic mass is 9.84. The highest BCUT2D eigenvalue weighted by molar-refractivity contribution is 6.31. The Balaban J connectivity index is 1.42. The largest absolute Gasteiger partial charge is 0.359 e. The molecule has 0 radical (unpaired) electrons. The summed E-state index contributed by atoms with van der Waals surface area (Å²) in [4.78, 5) is 19.7. The Morgan fingerprint density at radius 2 is 1.96 bits per heavy atom. The molecular formula is C20H19ClF2N4O. The van der Waals surface area contributed by atoms with Crippen LogP contribution in [-0.2, 0) is 0 Å². The Morgan fingerprint density at radius 3 is 2.71 bits per heavy atom. The van der Waals surface area contributed by atoms with Gasteiger partial charge < -0.3 is 15.6 Å². The Kier molecular flexibility index (Phi) is 4.93. The number of aromatic nitrogens is 2. The number of H-pyrrole nitrogens is 1. The number of nitrogens with one attached hydrogen (secondary N) is 3. The van der Waals surface area contributed by atoms with Crippen molar-refractivity contribution in [1.82, 2.24) is 9.97 Å². The van der Waals surface area contributed by atoms with Crippen molar-refractivity contribution in [3.63, 3.8) is 0 Å². The van der Waals surface area contributed by atoms with Crippen LogP contribution >= 0.6 is 11.6 Å². The summed E-state index contributed by atoms with van der Waals surface area (Å²) in [6, 6.07) is 8.80. The van der Waals surface area contributed by atoms with Gasteiger partial charge in [-0.2, -0.15) is 0 Å². The van der Waals surface area contributed by atoms with Crippen LogP contribution in [0.15, 0.2) is 42.7 Å². The van der Waals surface area contributed by atoms with Gasteiger partial charge in [0.1, 0.15) is 0 Å². The summed E-state index contributed by atoms with van der Waals surface area (Å²) in [7, 11) is 0. The normalized spacial score (nSPS) is 16.8. The zero-order valence-electron chi connectivity index (χ0n) is 14.9. The average Bonchev–Trinajstić information content (AvgIpc) is 3.05. The van der Waals surface area contributed by atoms with E-state index in [2.05, 4.69) is 20.6 Å². The second-order valence-corrected chi connectivity index (χ2v) is 7.46. The number of urea groups is 1. The number of aromatic amines is 1. The molecule has 2 heterocycles. The van der Waals surface area contributed by atoms with Gasteiger partial charge >= 0.3 is 6.03 Å². The summed E-state index contributed by atoms with van der Waals surface area (Å²) in [5.74, 6) is -2.67.